The predicted octanol–water partition coefficient (Wildman–Crippen LogP) is -0.478. The molecule has 20 heavy (non-hydrogen) atoms. The molecule has 2 aliphatic rings. The van der Waals surface area contributed by atoms with Crippen molar-refractivity contribution in [3.63, 3.8) is 0 Å². The fourth-order valence-corrected chi connectivity index (χ4v) is 3.59. The lowest BCUT2D eigenvalue weighted by Gasteiger charge is -2.29. The fraction of sp³-hybridized carbons (Fsp3) is 0.857. The van der Waals surface area contributed by atoms with Gasteiger partial charge in [-0.3, -0.25) is 19.4 Å². The van der Waals surface area contributed by atoms with Gasteiger partial charge in [0.2, 0.25) is 11.8 Å². The topological polar surface area (TPSA) is 92.7 Å². The van der Waals surface area contributed by atoms with Gasteiger partial charge in [0.05, 0.1) is 12.1 Å². The molecule has 6 heteroatoms. The second-order valence-corrected chi connectivity index (χ2v) is 6.22. The van der Waals surface area contributed by atoms with Crippen LogP contribution in [0.2, 0.25) is 0 Å². The van der Waals surface area contributed by atoms with E-state index in [1.165, 1.54) is 0 Å². The van der Waals surface area contributed by atoms with Gasteiger partial charge < -0.3 is 11.5 Å². The van der Waals surface area contributed by atoms with Crippen LogP contribution in [0.25, 0.3) is 0 Å². The molecule has 2 atom stereocenters. The summed E-state index contributed by atoms with van der Waals surface area (Å²) in [6, 6.07) is -0.217. The predicted molar refractivity (Wildman–Crippen MR) is 76.7 cm³/mol. The third-order valence-corrected chi connectivity index (χ3v) is 4.48. The summed E-state index contributed by atoms with van der Waals surface area (Å²) in [7, 11) is 0. The quantitative estimate of drug-likeness (QED) is 0.688. The highest BCUT2D eigenvalue weighted by Crippen LogP contribution is 2.21. The Bertz CT molecular complexity index is 340. The molecule has 2 amide bonds. The van der Waals surface area contributed by atoms with Crippen LogP contribution in [0.15, 0.2) is 0 Å². The zero-order valence-electron chi connectivity index (χ0n) is 12.3. The van der Waals surface area contributed by atoms with Crippen molar-refractivity contribution >= 4 is 11.8 Å². The SMILES string of the molecule is CC(CN1CCCC1C(N)=O)CN1CCCC1C(N)=O. The Morgan fingerprint density at radius 2 is 1.40 bits per heavy atom. The maximum atomic E-state index is 11.4. The molecule has 2 unspecified atom stereocenters. The van der Waals surface area contributed by atoms with Gasteiger partial charge in [-0.1, -0.05) is 6.92 Å². The Morgan fingerprint density at radius 1 is 1.00 bits per heavy atom. The first-order valence-electron chi connectivity index (χ1n) is 7.55. The second kappa shape index (κ2) is 6.54. The third-order valence-electron chi connectivity index (χ3n) is 4.48. The van der Waals surface area contributed by atoms with Crippen LogP contribution >= 0.6 is 0 Å². The van der Waals surface area contributed by atoms with E-state index in [0.29, 0.717) is 5.92 Å². The molecular formula is C14H26N4O2. The third kappa shape index (κ3) is 3.49. The maximum absolute atomic E-state index is 11.4. The van der Waals surface area contributed by atoms with Gasteiger partial charge in [-0.15, -0.1) is 0 Å². The number of primary amides is 2. The highest BCUT2D eigenvalue weighted by atomic mass is 16.2. The van der Waals surface area contributed by atoms with E-state index in [9.17, 15) is 9.59 Å². The minimum atomic E-state index is -0.217. The van der Waals surface area contributed by atoms with E-state index in [1.54, 1.807) is 0 Å². The van der Waals surface area contributed by atoms with Crippen LogP contribution in [0.3, 0.4) is 0 Å². The molecule has 114 valence electrons. The number of carbonyl (C=O) groups is 2. The molecule has 2 fully saturated rings. The van der Waals surface area contributed by atoms with E-state index in [0.717, 1.165) is 51.9 Å². The summed E-state index contributed by atoms with van der Waals surface area (Å²) in [5.41, 5.74) is 10.9. The molecule has 6 nitrogen and oxygen atoms in total. The van der Waals surface area contributed by atoms with Gasteiger partial charge in [-0.25, -0.2) is 0 Å². The Labute approximate surface area is 120 Å². The molecule has 0 aromatic heterocycles. The van der Waals surface area contributed by atoms with E-state index >= 15 is 0 Å². The Kier molecular flexibility index (Phi) is 4.99. The molecule has 0 radical (unpaired) electrons. The first-order valence-corrected chi connectivity index (χ1v) is 7.55. The van der Waals surface area contributed by atoms with Gasteiger partial charge in [-0.05, 0) is 44.7 Å². The number of nitrogens with zero attached hydrogens (tertiary/aromatic N) is 2. The van der Waals surface area contributed by atoms with Gasteiger partial charge in [0.15, 0.2) is 0 Å². The van der Waals surface area contributed by atoms with Crippen molar-refractivity contribution in [3.05, 3.63) is 0 Å². The summed E-state index contributed by atoms with van der Waals surface area (Å²) in [4.78, 5) is 27.1. The Morgan fingerprint density at radius 3 is 1.75 bits per heavy atom. The number of amides is 2. The lowest BCUT2D eigenvalue weighted by molar-refractivity contribution is -0.122. The zero-order valence-corrected chi connectivity index (χ0v) is 12.3. The van der Waals surface area contributed by atoms with Gasteiger partial charge in [0.1, 0.15) is 0 Å². The van der Waals surface area contributed by atoms with E-state index in [2.05, 4.69) is 16.7 Å². The number of carbonyl (C=O) groups excluding carboxylic acids is 2. The first kappa shape index (κ1) is 15.3. The molecule has 2 heterocycles. The summed E-state index contributed by atoms with van der Waals surface area (Å²) in [5.74, 6) is -0.0355. The monoisotopic (exact) mass is 282 g/mol. The van der Waals surface area contributed by atoms with Gasteiger partial charge >= 0.3 is 0 Å². The van der Waals surface area contributed by atoms with Crippen molar-refractivity contribution in [1.29, 1.82) is 0 Å². The summed E-state index contributed by atoms with van der Waals surface area (Å²) in [5, 5.41) is 0. The second-order valence-electron chi connectivity index (χ2n) is 6.22. The van der Waals surface area contributed by atoms with Crippen molar-refractivity contribution in [3.8, 4) is 0 Å². The number of hydrogen-bond acceptors (Lipinski definition) is 4. The van der Waals surface area contributed by atoms with E-state index in [-0.39, 0.29) is 23.9 Å². The van der Waals surface area contributed by atoms with E-state index < -0.39 is 0 Å². The van der Waals surface area contributed by atoms with Gasteiger partial charge in [-0.2, -0.15) is 0 Å². The molecule has 0 spiro atoms. The van der Waals surface area contributed by atoms with Crippen molar-refractivity contribution in [2.45, 2.75) is 44.7 Å². The summed E-state index contributed by atoms with van der Waals surface area (Å²) in [6.07, 6.45) is 3.81. The summed E-state index contributed by atoms with van der Waals surface area (Å²) < 4.78 is 0. The molecule has 0 saturated carbocycles. The van der Waals surface area contributed by atoms with Crippen LogP contribution in [0.5, 0.6) is 0 Å². The smallest absolute Gasteiger partial charge is 0.234 e. The molecule has 0 aromatic carbocycles. The van der Waals surface area contributed by atoms with Crippen LogP contribution < -0.4 is 11.5 Å². The lowest BCUT2D eigenvalue weighted by Crippen LogP contribution is -2.46. The number of nitrogens with two attached hydrogens (primary N) is 2. The number of hydrogen-bond donors (Lipinski definition) is 2. The van der Waals surface area contributed by atoms with E-state index in [4.69, 9.17) is 11.5 Å². The highest BCUT2D eigenvalue weighted by molar-refractivity contribution is 5.80. The molecule has 0 aliphatic carbocycles. The minimum Gasteiger partial charge on any atom is -0.368 e. The molecule has 4 N–H and O–H groups in total. The van der Waals surface area contributed by atoms with E-state index in [1.807, 2.05) is 0 Å². The van der Waals surface area contributed by atoms with Crippen molar-refractivity contribution in [2.75, 3.05) is 26.2 Å². The molecular weight excluding hydrogens is 256 g/mol. The van der Waals surface area contributed by atoms with Gasteiger partial charge in [0.25, 0.3) is 0 Å². The average molecular weight is 282 g/mol. The van der Waals surface area contributed by atoms with Crippen LogP contribution in [0.1, 0.15) is 32.6 Å². The summed E-state index contributed by atoms with van der Waals surface area (Å²) >= 11 is 0. The zero-order chi connectivity index (χ0) is 14.7. The molecule has 2 aliphatic heterocycles. The molecule has 2 saturated heterocycles. The minimum absolute atomic E-state index is 0.108. The van der Waals surface area contributed by atoms with Crippen molar-refractivity contribution < 1.29 is 9.59 Å². The largest absolute Gasteiger partial charge is 0.368 e. The standard InChI is InChI=1S/C14H26N4O2/c1-10(8-17-6-2-4-11(17)13(15)19)9-18-7-3-5-12(18)14(16)20/h10-12H,2-9H2,1H3,(H2,15,19)(H2,16,20). The van der Waals surface area contributed by atoms with Crippen molar-refractivity contribution in [2.24, 2.45) is 17.4 Å². The highest BCUT2D eigenvalue weighted by Gasteiger charge is 2.33. The maximum Gasteiger partial charge on any atom is 0.234 e. The van der Waals surface area contributed by atoms with Crippen LogP contribution in [0, 0.1) is 5.92 Å². The molecule has 0 aromatic rings. The number of likely N-dealkylation sites (tertiary alicyclic amines) is 2. The number of rotatable bonds is 6. The van der Waals surface area contributed by atoms with Crippen LogP contribution in [-0.4, -0.2) is 59.9 Å². The van der Waals surface area contributed by atoms with Crippen LogP contribution in [-0.2, 0) is 9.59 Å². The molecule has 2 rings (SSSR count). The van der Waals surface area contributed by atoms with Crippen molar-refractivity contribution in [1.82, 2.24) is 9.80 Å². The van der Waals surface area contributed by atoms with Gasteiger partial charge in [0, 0.05) is 13.1 Å². The molecule has 0 bridgehead atoms. The normalized spacial score (nSPS) is 29.6. The summed E-state index contributed by atoms with van der Waals surface area (Å²) in [6.45, 7) is 5.76. The Hall–Kier alpha value is -1.14. The first-order chi connectivity index (χ1) is 9.49. The average Bonchev–Trinajstić information content (AvgIpc) is 2.97. The fourth-order valence-electron chi connectivity index (χ4n) is 3.59. The lowest BCUT2D eigenvalue weighted by atomic mass is 10.1. The van der Waals surface area contributed by atoms with Crippen LogP contribution in [0.4, 0.5) is 0 Å². The Balaban J connectivity index is 1.84.